The van der Waals surface area contributed by atoms with Crippen molar-refractivity contribution in [2.45, 2.75) is 6.92 Å². The highest BCUT2D eigenvalue weighted by Gasteiger charge is 2.03. The molecule has 0 saturated carbocycles. The third-order valence-electron chi connectivity index (χ3n) is 2.29. The Hall–Kier alpha value is -0.880. The minimum absolute atomic E-state index is 0.620. The van der Waals surface area contributed by atoms with Gasteiger partial charge in [-0.1, -0.05) is 6.92 Å². The molecular formula is C10H18BrN5. The molecule has 2 N–H and O–H groups in total. The molecule has 90 valence electrons. The first-order valence-electron chi connectivity index (χ1n) is 5.30. The van der Waals surface area contributed by atoms with Gasteiger partial charge < -0.3 is 15.5 Å². The Morgan fingerprint density at radius 2 is 2.25 bits per heavy atom. The standard InChI is InChI=1S/C10H18BrN5/c1-4-16(3)6-5-13-9-8(11)7-14-10(12-2)15-9/h7H,4-6H2,1-3H3,(H2,12,13,14,15). The predicted octanol–water partition coefficient (Wildman–Crippen LogP) is 1.64. The molecule has 16 heavy (non-hydrogen) atoms. The van der Waals surface area contributed by atoms with Gasteiger partial charge >= 0.3 is 0 Å². The number of nitrogens with zero attached hydrogens (tertiary/aromatic N) is 3. The summed E-state index contributed by atoms with van der Waals surface area (Å²) in [6.07, 6.45) is 1.74. The van der Waals surface area contributed by atoms with Gasteiger partial charge in [-0.25, -0.2) is 4.98 Å². The van der Waals surface area contributed by atoms with Crippen molar-refractivity contribution in [2.75, 3.05) is 44.4 Å². The molecule has 0 aliphatic rings. The fourth-order valence-corrected chi connectivity index (χ4v) is 1.47. The summed E-state index contributed by atoms with van der Waals surface area (Å²) in [6.45, 7) is 5.04. The van der Waals surface area contributed by atoms with E-state index in [2.05, 4.69) is 55.4 Å². The molecule has 1 heterocycles. The average Bonchev–Trinajstić information content (AvgIpc) is 2.31. The van der Waals surface area contributed by atoms with E-state index in [0.717, 1.165) is 29.9 Å². The van der Waals surface area contributed by atoms with Gasteiger partial charge in [0.15, 0.2) is 0 Å². The van der Waals surface area contributed by atoms with Crippen LogP contribution in [0.4, 0.5) is 11.8 Å². The summed E-state index contributed by atoms with van der Waals surface area (Å²) in [5, 5.41) is 6.18. The smallest absolute Gasteiger partial charge is 0.224 e. The number of hydrogen-bond acceptors (Lipinski definition) is 5. The van der Waals surface area contributed by atoms with E-state index >= 15 is 0 Å². The molecule has 0 aliphatic carbocycles. The zero-order valence-electron chi connectivity index (χ0n) is 9.92. The molecule has 0 amide bonds. The van der Waals surface area contributed by atoms with Crippen LogP contribution in [0.1, 0.15) is 6.92 Å². The van der Waals surface area contributed by atoms with Crippen LogP contribution in [-0.2, 0) is 0 Å². The lowest BCUT2D eigenvalue weighted by molar-refractivity contribution is 0.367. The number of rotatable bonds is 6. The molecule has 0 spiro atoms. The first kappa shape index (κ1) is 13.2. The second-order valence-electron chi connectivity index (χ2n) is 3.46. The Balaban J connectivity index is 2.52. The highest BCUT2D eigenvalue weighted by Crippen LogP contribution is 2.19. The Morgan fingerprint density at radius 1 is 1.50 bits per heavy atom. The topological polar surface area (TPSA) is 53.1 Å². The van der Waals surface area contributed by atoms with Crippen LogP contribution in [0.5, 0.6) is 0 Å². The van der Waals surface area contributed by atoms with Crippen molar-refractivity contribution in [1.82, 2.24) is 14.9 Å². The van der Waals surface area contributed by atoms with Gasteiger partial charge in [-0.3, -0.25) is 0 Å². The van der Waals surface area contributed by atoms with Crippen LogP contribution >= 0.6 is 15.9 Å². The number of hydrogen-bond donors (Lipinski definition) is 2. The van der Waals surface area contributed by atoms with E-state index in [4.69, 9.17) is 0 Å². The lowest BCUT2D eigenvalue weighted by atomic mass is 10.5. The molecule has 0 aromatic carbocycles. The van der Waals surface area contributed by atoms with Crippen molar-refractivity contribution in [1.29, 1.82) is 0 Å². The van der Waals surface area contributed by atoms with E-state index in [-0.39, 0.29) is 0 Å². The van der Waals surface area contributed by atoms with Gasteiger partial charge in [-0.15, -0.1) is 0 Å². The molecule has 6 heteroatoms. The predicted molar refractivity (Wildman–Crippen MR) is 70.9 cm³/mol. The third-order valence-corrected chi connectivity index (χ3v) is 2.87. The first-order valence-corrected chi connectivity index (χ1v) is 6.09. The number of nitrogens with one attached hydrogen (secondary N) is 2. The molecule has 0 radical (unpaired) electrons. The normalized spacial score (nSPS) is 10.6. The lowest BCUT2D eigenvalue weighted by Crippen LogP contribution is -2.25. The molecule has 0 fully saturated rings. The van der Waals surface area contributed by atoms with Gasteiger partial charge in [0.1, 0.15) is 5.82 Å². The van der Waals surface area contributed by atoms with Crippen molar-refractivity contribution >= 4 is 27.7 Å². The molecule has 0 atom stereocenters. The minimum Gasteiger partial charge on any atom is -0.368 e. The quantitative estimate of drug-likeness (QED) is 0.833. The van der Waals surface area contributed by atoms with Crippen molar-refractivity contribution in [3.05, 3.63) is 10.7 Å². The Morgan fingerprint density at radius 3 is 2.88 bits per heavy atom. The van der Waals surface area contributed by atoms with Crippen LogP contribution in [0.3, 0.4) is 0 Å². The zero-order valence-corrected chi connectivity index (χ0v) is 11.5. The second-order valence-corrected chi connectivity index (χ2v) is 4.32. The van der Waals surface area contributed by atoms with Crippen LogP contribution in [0.25, 0.3) is 0 Å². The SMILES string of the molecule is CCN(C)CCNc1nc(NC)ncc1Br. The van der Waals surface area contributed by atoms with E-state index < -0.39 is 0 Å². The summed E-state index contributed by atoms with van der Waals surface area (Å²) in [6, 6.07) is 0. The molecule has 1 aromatic heterocycles. The van der Waals surface area contributed by atoms with Crippen molar-refractivity contribution in [2.24, 2.45) is 0 Å². The number of anilines is 2. The highest BCUT2D eigenvalue weighted by atomic mass is 79.9. The van der Waals surface area contributed by atoms with Gasteiger partial charge in [0.05, 0.1) is 4.47 Å². The summed E-state index contributed by atoms with van der Waals surface area (Å²) < 4.78 is 0.880. The van der Waals surface area contributed by atoms with Crippen LogP contribution in [0.2, 0.25) is 0 Å². The molecule has 0 aliphatic heterocycles. The van der Waals surface area contributed by atoms with Crippen LogP contribution < -0.4 is 10.6 Å². The summed E-state index contributed by atoms with van der Waals surface area (Å²) >= 11 is 3.42. The number of aromatic nitrogens is 2. The van der Waals surface area contributed by atoms with Crippen molar-refractivity contribution in [3.63, 3.8) is 0 Å². The van der Waals surface area contributed by atoms with Crippen molar-refractivity contribution in [3.8, 4) is 0 Å². The van der Waals surface area contributed by atoms with Crippen LogP contribution in [-0.4, -0.2) is 48.6 Å². The maximum Gasteiger partial charge on any atom is 0.224 e. The molecule has 1 aromatic rings. The van der Waals surface area contributed by atoms with Crippen molar-refractivity contribution < 1.29 is 0 Å². The summed E-state index contributed by atoms with van der Waals surface area (Å²) in [7, 11) is 3.90. The average molecular weight is 288 g/mol. The summed E-state index contributed by atoms with van der Waals surface area (Å²) in [4.78, 5) is 10.6. The fourth-order valence-electron chi connectivity index (χ4n) is 1.13. The molecule has 0 unspecified atom stereocenters. The summed E-state index contributed by atoms with van der Waals surface area (Å²) in [5.41, 5.74) is 0. The maximum absolute atomic E-state index is 4.31. The van der Waals surface area contributed by atoms with E-state index in [0.29, 0.717) is 5.95 Å². The molecular weight excluding hydrogens is 270 g/mol. The van der Waals surface area contributed by atoms with E-state index in [1.807, 2.05) is 0 Å². The van der Waals surface area contributed by atoms with E-state index in [1.165, 1.54) is 0 Å². The maximum atomic E-state index is 4.31. The first-order chi connectivity index (χ1) is 7.67. The van der Waals surface area contributed by atoms with E-state index in [9.17, 15) is 0 Å². The Bertz CT molecular complexity index is 331. The Labute approximate surface area is 105 Å². The van der Waals surface area contributed by atoms with Crippen LogP contribution in [0.15, 0.2) is 10.7 Å². The fraction of sp³-hybridized carbons (Fsp3) is 0.600. The monoisotopic (exact) mass is 287 g/mol. The number of halogens is 1. The minimum atomic E-state index is 0.620. The van der Waals surface area contributed by atoms with Gasteiger partial charge in [0.2, 0.25) is 5.95 Å². The second kappa shape index (κ2) is 6.65. The number of likely N-dealkylation sites (N-methyl/N-ethyl adjacent to an activating group) is 1. The third kappa shape index (κ3) is 3.94. The van der Waals surface area contributed by atoms with Gasteiger partial charge in [0.25, 0.3) is 0 Å². The van der Waals surface area contributed by atoms with Gasteiger partial charge in [0, 0.05) is 26.3 Å². The zero-order chi connectivity index (χ0) is 12.0. The molecule has 5 nitrogen and oxygen atoms in total. The van der Waals surface area contributed by atoms with Gasteiger partial charge in [-0.2, -0.15) is 4.98 Å². The molecule has 1 rings (SSSR count). The van der Waals surface area contributed by atoms with E-state index in [1.54, 1.807) is 13.2 Å². The largest absolute Gasteiger partial charge is 0.368 e. The molecule has 0 saturated heterocycles. The van der Waals surface area contributed by atoms with Crippen LogP contribution in [0, 0.1) is 0 Å². The van der Waals surface area contributed by atoms with Gasteiger partial charge in [-0.05, 0) is 29.5 Å². The summed E-state index contributed by atoms with van der Waals surface area (Å²) in [5.74, 6) is 1.44. The highest BCUT2D eigenvalue weighted by molar-refractivity contribution is 9.10. The Kier molecular flexibility index (Phi) is 5.48. The molecule has 0 bridgehead atoms. The lowest BCUT2D eigenvalue weighted by Gasteiger charge is -2.15.